The molecule has 0 saturated heterocycles. The van der Waals surface area contributed by atoms with Crippen molar-refractivity contribution < 1.29 is 35.1 Å². The largest absolute Gasteiger partial charge is 0.469 e. The van der Waals surface area contributed by atoms with Crippen LogP contribution in [0.15, 0.2) is 0 Å². The lowest BCUT2D eigenvalue weighted by Crippen LogP contribution is -2.42. The molecule has 0 aromatic carbocycles. The number of aliphatic hydroxyl groups is 1. The van der Waals surface area contributed by atoms with Crippen molar-refractivity contribution in [2.45, 2.75) is 24.8 Å². The highest BCUT2D eigenvalue weighted by atomic mass is 16.5. The quantitative estimate of drug-likeness (QED) is 0.496. The summed E-state index contributed by atoms with van der Waals surface area (Å²) in [6.07, 6.45) is -2.72. The van der Waals surface area contributed by atoms with E-state index in [0.717, 1.165) is 21.3 Å². The normalized spacial score (nSPS) is 16.1. The van der Waals surface area contributed by atoms with Gasteiger partial charge in [0.25, 0.3) is 0 Å². The van der Waals surface area contributed by atoms with E-state index in [0.29, 0.717) is 0 Å². The molecular formula is C10H16O7. The van der Waals surface area contributed by atoms with Crippen LogP contribution in [0.3, 0.4) is 0 Å². The maximum atomic E-state index is 11.4. The Morgan fingerprint density at radius 1 is 1.12 bits per heavy atom. The Morgan fingerprint density at radius 3 is 2.06 bits per heavy atom. The van der Waals surface area contributed by atoms with E-state index in [1.54, 1.807) is 0 Å². The average Bonchev–Trinajstić information content (AvgIpc) is 2.41. The molecule has 0 aliphatic carbocycles. The van der Waals surface area contributed by atoms with Gasteiger partial charge in [0.2, 0.25) is 0 Å². The zero-order valence-corrected chi connectivity index (χ0v) is 9.89. The molecule has 7 nitrogen and oxygen atoms in total. The van der Waals surface area contributed by atoms with Crippen LogP contribution in [0, 0.1) is 0 Å². The van der Waals surface area contributed by atoms with Crippen molar-refractivity contribution in [1.82, 2.24) is 0 Å². The molecule has 0 spiro atoms. The lowest BCUT2D eigenvalue weighted by molar-refractivity contribution is -0.171. The van der Waals surface area contributed by atoms with Gasteiger partial charge in [-0.25, -0.2) is 4.79 Å². The first kappa shape index (κ1) is 13.4. The first-order valence-electron chi connectivity index (χ1n) is 5.28. The van der Waals surface area contributed by atoms with Gasteiger partial charge in [-0.1, -0.05) is 0 Å². The molecule has 0 aromatic heterocycles. The highest BCUT2D eigenvalue weighted by Gasteiger charge is 2.40. The number of carbonyl (C=O) groups excluding carboxylic acids is 3. The summed E-state index contributed by atoms with van der Waals surface area (Å²) in [5, 5.41) is 10.0. The van der Waals surface area contributed by atoms with Crippen molar-refractivity contribution in [2.24, 2.45) is 0 Å². The van der Waals surface area contributed by atoms with Gasteiger partial charge >= 0.3 is 17.9 Å². The Kier molecular flexibility index (Phi) is 5.41. The number of esters is 3. The molecule has 98 valence electrons. The van der Waals surface area contributed by atoms with Crippen molar-refractivity contribution in [2.75, 3.05) is 21.3 Å². The molecule has 17 heavy (non-hydrogen) atoms. The van der Waals surface area contributed by atoms with Crippen LogP contribution in [0.25, 0.3) is 0 Å². The second-order valence-corrected chi connectivity index (χ2v) is 3.16. The maximum Gasteiger partial charge on any atom is 0.338 e. The fraction of sp³-hybridized carbons (Fsp3) is 0.700. The molecule has 0 aliphatic heterocycles. The third-order valence-corrected chi connectivity index (χ3v) is 2.03. The summed E-state index contributed by atoms with van der Waals surface area (Å²) in [4.78, 5) is 33.6. The molecule has 0 aromatic rings. The molecule has 1 N–H and O–H groups in total. The molecule has 2 atom stereocenters. The van der Waals surface area contributed by atoms with Crippen molar-refractivity contribution in [3.8, 4) is 0 Å². The minimum absolute atomic E-state index is 0.339. The van der Waals surface area contributed by atoms with Gasteiger partial charge in [0.05, 0.1) is 27.7 Å². The Bertz CT molecular complexity index is 330. The lowest BCUT2D eigenvalue weighted by atomic mass is 9.94. The summed E-state index contributed by atoms with van der Waals surface area (Å²) in [5.74, 6) is -2.97. The summed E-state index contributed by atoms with van der Waals surface area (Å²) in [6.45, 7) is 0. The Labute approximate surface area is 100 Å². The third kappa shape index (κ3) is 4.81. The van der Waals surface area contributed by atoms with Gasteiger partial charge < -0.3 is 19.3 Å². The standard InChI is InChI=1S/C10H16O7/c1-15-7(11)4-5-10(14,9(13)17-3)6-8(12)16-2/h14H,4-6H2,1-3H3/t10-/m1/s1/i6D/t6-,10-. The SMILES string of the molecule is [2H][C@H](C(=O)OC)[C@](O)(CCC(=O)OC)C(=O)OC. The summed E-state index contributed by atoms with van der Waals surface area (Å²) in [5.41, 5.74) is -2.45. The Hall–Kier alpha value is -1.63. The van der Waals surface area contributed by atoms with Crippen LogP contribution in [0.5, 0.6) is 0 Å². The van der Waals surface area contributed by atoms with E-state index >= 15 is 0 Å². The van der Waals surface area contributed by atoms with E-state index in [9.17, 15) is 19.5 Å². The number of ether oxygens (including phenoxy) is 3. The Morgan fingerprint density at radius 2 is 1.65 bits per heavy atom. The predicted octanol–water partition coefficient (Wildman–Crippen LogP) is -0.593. The smallest absolute Gasteiger partial charge is 0.338 e. The molecule has 0 saturated carbocycles. The van der Waals surface area contributed by atoms with Crippen molar-refractivity contribution >= 4 is 17.9 Å². The summed E-state index contributed by atoms with van der Waals surface area (Å²) in [6, 6.07) is 0. The molecular weight excluding hydrogens is 232 g/mol. The fourth-order valence-electron chi connectivity index (χ4n) is 1.06. The number of hydrogen-bond donors (Lipinski definition) is 1. The molecule has 0 amide bonds. The van der Waals surface area contributed by atoms with Gasteiger partial charge in [-0.3, -0.25) is 9.59 Å². The van der Waals surface area contributed by atoms with E-state index in [2.05, 4.69) is 14.2 Å². The van der Waals surface area contributed by atoms with E-state index in [1.165, 1.54) is 0 Å². The minimum atomic E-state index is -2.45. The second-order valence-electron chi connectivity index (χ2n) is 3.16. The molecule has 0 unspecified atom stereocenters. The highest BCUT2D eigenvalue weighted by Crippen LogP contribution is 2.20. The molecule has 0 bridgehead atoms. The van der Waals surface area contributed by atoms with E-state index < -0.39 is 36.3 Å². The van der Waals surface area contributed by atoms with Crippen molar-refractivity contribution in [3.05, 3.63) is 0 Å². The third-order valence-electron chi connectivity index (χ3n) is 2.03. The monoisotopic (exact) mass is 249 g/mol. The first-order chi connectivity index (χ1) is 8.33. The molecule has 0 rings (SSSR count). The first-order valence-corrected chi connectivity index (χ1v) is 4.71. The van der Waals surface area contributed by atoms with Crippen LogP contribution in [0.4, 0.5) is 0 Å². The van der Waals surface area contributed by atoms with Gasteiger partial charge in [0.15, 0.2) is 5.60 Å². The fourth-order valence-corrected chi connectivity index (χ4v) is 1.06. The molecule has 0 fully saturated rings. The van der Waals surface area contributed by atoms with Crippen LogP contribution < -0.4 is 0 Å². The van der Waals surface area contributed by atoms with E-state index in [4.69, 9.17) is 1.37 Å². The van der Waals surface area contributed by atoms with Crippen molar-refractivity contribution in [1.29, 1.82) is 0 Å². The second kappa shape index (κ2) is 6.85. The predicted molar refractivity (Wildman–Crippen MR) is 54.8 cm³/mol. The highest BCUT2D eigenvalue weighted by molar-refractivity contribution is 5.86. The average molecular weight is 249 g/mol. The molecule has 0 heterocycles. The van der Waals surface area contributed by atoms with Crippen LogP contribution in [-0.4, -0.2) is 49.9 Å². The number of carbonyl (C=O) groups is 3. The van der Waals surface area contributed by atoms with Gasteiger partial charge in [0.1, 0.15) is 0 Å². The zero-order chi connectivity index (χ0) is 14.3. The summed E-state index contributed by atoms with van der Waals surface area (Å²) >= 11 is 0. The van der Waals surface area contributed by atoms with E-state index in [1.807, 2.05) is 0 Å². The van der Waals surface area contributed by atoms with Crippen LogP contribution >= 0.6 is 0 Å². The Balaban J connectivity index is 4.99. The van der Waals surface area contributed by atoms with Crippen LogP contribution in [-0.2, 0) is 28.6 Å². The van der Waals surface area contributed by atoms with Crippen molar-refractivity contribution in [3.63, 3.8) is 0 Å². The van der Waals surface area contributed by atoms with E-state index in [-0.39, 0.29) is 6.42 Å². The van der Waals surface area contributed by atoms with Gasteiger partial charge in [0, 0.05) is 7.79 Å². The van der Waals surface area contributed by atoms with Gasteiger partial charge in [-0.15, -0.1) is 0 Å². The van der Waals surface area contributed by atoms with Crippen LogP contribution in [0.2, 0.25) is 0 Å². The minimum Gasteiger partial charge on any atom is -0.469 e. The zero-order valence-electron chi connectivity index (χ0n) is 10.9. The summed E-state index contributed by atoms with van der Waals surface area (Å²) < 4.78 is 20.4. The topological polar surface area (TPSA) is 99.1 Å². The van der Waals surface area contributed by atoms with Gasteiger partial charge in [-0.05, 0) is 6.42 Å². The summed E-state index contributed by atoms with van der Waals surface area (Å²) in [7, 11) is 3.15. The molecule has 0 aliphatic rings. The number of methoxy groups -OCH3 is 3. The lowest BCUT2D eigenvalue weighted by Gasteiger charge is -2.23. The molecule has 7 heteroatoms. The van der Waals surface area contributed by atoms with Crippen LogP contribution in [0.1, 0.15) is 20.6 Å². The molecule has 0 radical (unpaired) electrons. The number of hydrogen-bond acceptors (Lipinski definition) is 7. The maximum absolute atomic E-state index is 11.4. The van der Waals surface area contributed by atoms with Gasteiger partial charge in [-0.2, -0.15) is 0 Å². The number of rotatable bonds is 6.